The van der Waals surface area contributed by atoms with Crippen molar-refractivity contribution in [1.29, 1.82) is 0 Å². The van der Waals surface area contributed by atoms with E-state index in [4.69, 9.17) is 0 Å². The molecule has 1 fully saturated rings. The van der Waals surface area contributed by atoms with Crippen molar-refractivity contribution in [2.45, 2.75) is 32.7 Å². The first-order valence-corrected chi connectivity index (χ1v) is 6.06. The molecule has 0 radical (unpaired) electrons. The number of nitrogens with one attached hydrogen (secondary N) is 1. The number of hydrogen-bond donors (Lipinski definition) is 1. The molecule has 0 saturated carbocycles. The zero-order valence-corrected chi connectivity index (χ0v) is 11.2. The summed E-state index contributed by atoms with van der Waals surface area (Å²) in [6.07, 6.45) is 0.875. The van der Waals surface area contributed by atoms with Gasteiger partial charge in [-0.1, -0.05) is 0 Å². The molecule has 1 aliphatic heterocycles. The van der Waals surface area contributed by atoms with Crippen molar-refractivity contribution in [3.63, 3.8) is 0 Å². The predicted octanol–water partition coefficient (Wildman–Crippen LogP) is 0.0652. The van der Waals surface area contributed by atoms with E-state index in [0.717, 1.165) is 13.0 Å². The molecule has 0 spiro atoms. The Balaban J connectivity index is 2.27. The van der Waals surface area contributed by atoms with Crippen LogP contribution in [0.25, 0.3) is 0 Å². The minimum Gasteiger partial charge on any atom is -0.335 e. The summed E-state index contributed by atoms with van der Waals surface area (Å²) in [5.74, 6) is 0.0660. The van der Waals surface area contributed by atoms with Gasteiger partial charge in [0.1, 0.15) is 0 Å². The molecule has 1 N–H and O–H groups in total. The number of carbonyl (C=O) groups excluding carboxylic acids is 2. The number of piperazine rings is 1. The van der Waals surface area contributed by atoms with Crippen LogP contribution in [0.15, 0.2) is 0 Å². The average Bonchev–Trinajstić information content (AvgIpc) is 2.18. The monoisotopic (exact) mass is 241 g/mol. The molecule has 0 aromatic carbocycles. The Bertz CT molecular complexity index is 297. The third kappa shape index (κ3) is 4.73. The molecule has 5 nitrogen and oxygen atoms in total. The summed E-state index contributed by atoms with van der Waals surface area (Å²) < 4.78 is 0. The molecule has 1 heterocycles. The summed E-state index contributed by atoms with van der Waals surface area (Å²) >= 11 is 0. The molecule has 1 saturated heterocycles. The lowest BCUT2D eigenvalue weighted by molar-refractivity contribution is -0.148. The lowest BCUT2D eigenvalue weighted by Crippen LogP contribution is -2.52. The van der Waals surface area contributed by atoms with Crippen LogP contribution in [0, 0.1) is 0 Å². The number of hydrogen-bond acceptors (Lipinski definition) is 3. The second kappa shape index (κ2) is 5.49. The Kier molecular flexibility index (Phi) is 4.51. The SMILES string of the molecule is CN1CC(=O)N(CCCNC(C)(C)C)CC1=O. The maximum absolute atomic E-state index is 11.7. The lowest BCUT2D eigenvalue weighted by atomic mass is 10.1. The first-order chi connectivity index (χ1) is 7.79. The van der Waals surface area contributed by atoms with E-state index in [9.17, 15) is 9.59 Å². The van der Waals surface area contributed by atoms with Gasteiger partial charge in [0, 0.05) is 19.1 Å². The van der Waals surface area contributed by atoms with Crippen molar-refractivity contribution >= 4 is 11.8 Å². The third-order valence-corrected chi connectivity index (χ3v) is 2.74. The van der Waals surface area contributed by atoms with Gasteiger partial charge in [-0.2, -0.15) is 0 Å². The van der Waals surface area contributed by atoms with Crippen LogP contribution in [0.1, 0.15) is 27.2 Å². The van der Waals surface area contributed by atoms with Crippen LogP contribution in [0.2, 0.25) is 0 Å². The van der Waals surface area contributed by atoms with Gasteiger partial charge < -0.3 is 15.1 Å². The maximum Gasteiger partial charge on any atom is 0.242 e. The number of amides is 2. The zero-order chi connectivity index (χ0) is 13.1. The highest BCUT2D eigenvalue weighted by Crippen LogP contribution is 2.04. The fraction of sp³-hybridized carbons (Fsp3) is 0.833. The summed E-state index contributed by atoms with van der Waals surface area (Å²) in [5, 5.41) is 3.36. The molecule has 1 aliphatic rings. The lowest BCUT2D eigenvalue weighted by Gasteiger charge is -2.32. The first-order valence-electron chi connectivity index (χ1n) is 6.06. The zero-order valence-electron chi connectivity index (χ0n) is 11.2. The number of likely N-dealkylation sites (N-methyl/N-ethyl adjacent to an activating group) is 1. The molecule has 0 aliphatic carbocycles. The minimum absolute atomic E-state index is 0.0216. The summed E-state index contributed by atoms with van der Waals surface area (Å²) in [7, 11) is 1.67. The highest BCUT2D eigenvalue weighted by molar-refractivity contribution is 5.92. The Morgan fingerprint density at radius 3 is 2.41 bits per heavy atom. The second-order valence-corrected chi connectivity index (χ2v) is 5.60. The predicted molar refractivity (Wildman–Crippen MR) is 66.6 cm³/mol. The van der Waals surface area contributed by atoms with Crippen molar-refractivity contribution in [3.05, 3.63) is 0 Å². The van der Waals surface area contributed by atoms with Gasteiger partial charge in [-0.05, 0) is 33.7 Å². The Morgan fingerprint density at radius 2 is 1.82 bits per heavy atom. The van der Waals surface area contributed by atoms with Crippen LogP contribution >= 0.6 is 0 Å². The molecule has 0 unspecified atom stereocenters. The van der Waals surface area contributed by atoms with E-state index < -0.39 is 0 Å². The van der Waals surface area contributed by atoms with Crippen molar-refractivity contribution in [2.75, 3.05) is 33.2 Å². The van der Waals surface area contributed by atoms with Crippen LogP contribution in [0.4, 0.5) is 0 Å². The van der Waals surface area contributed by atoms with Gasteiger partial charge in [0.25, 0.3) is 0 Å². The summed E-state index contributed by atoms with van der Waals surface area (Å²) in [6.45, 7) is 8.28. The summed E-state index contributed by atoms with van der Waals surface area (Å²) in [5.41, 5.74) is 0.0992. The van der Waals surface area contributed by atoms with E-state index in [0.29, 0.717) is 6.54 Å². The van der Waals surface area contributed by atoms with Crippen LogP contribution in [0.3, 0.4) is 0 Å². The van der Waals surface area contributed by atoms with Gasteiger partial charge in [0.2, 0.25) is 11.8 Å². The second-order valence-electron chi connectivity index (χ2n) is 5.60. The molecule has 2 amide bonds. The number of carbonyl (C=O) groups is 2. The summed E-state index contributed by atoms with van der Waals surface area (Å²) in [4.78, 5) is 26.2. The summed E-state index contributed by atoms with van der Waals surface area (Å²) in [6, 6.07) is 0. The van der Waals surface area contributed by atoms with Gasteiger partial charge in [-0.25, -0.2) is 0 Å². The fourth-order valence-corrected chi connectivity index (χ4v) is 1.70. The van der Waals surface area contributed by atoms with E-state index in [-0.39, 0.29) is 30.4 Å². The fourth-order valence-electron chi connectivity index (χ4n) is 1.70. The molecule has 0 bridgehead atoms. The smallest absolute Gasteiger partial charge is 0.242 e. The molecule has 0 atom stereocenters. The van der Waals surface area contributed by atoms with Crippen LogP contribution in [-0.2, 0) is 9.59 Å². The van der Waals surface area contributed by atoms with Crippen LogP contribution in [-0.4, -0.2) is 60.4 Å². The Morgan fingerprint density at radius 1 is 1.18 bits per heavy atom. The van der Waals surface area contributed by atoms with Crippen molar-refractivity contribution in [3.8, 4) is 0 Å². The molecule has 98 valence electrons. The first kappa shape index (κ1) is 14.0. The molecule has 0 aromatic rings. The Labute approximate surface area is 103 Å². The minimum atomic E-state index is 0.0216. The van der Waals surface area contributed by atoms with E-state index in [1.54, 1.807) is 11.9 Å². The topological polar surface area (TPSA) is 52.7 Å². The number of rotatable bonds is 4. The average molecular weight is 241 g/mol. The van der Waals surface area contributed by atoms with E-state index in [1.807, 2.05) is 0 Å². The van der Waals surface area contributed by atoms with E-state index in [1.165, 1.54) is 4.90 Å². The molecular formula is C12H23N3O2. The van der Waals surface area contributed by atoms with Gasteiger partial charge in [-0.15, -0.1) is 0 Å². The molecule has 0 aromatic heterocycles. The van der Waals surface area contributed by atoms with Crippen molar-refractivity contribution < 1.29 is 9.59 Å². The van der Waals surface area contributed by atoms with Gasteiger partial charge in [-0.3, -0.25) is 9.59 Å². The highest BCUT2D eigenvalue weighted by atomic mass is 16.2. The largest absolute Gasteiger partial charge is 0.335 e. The molecule has 17 heavy (non-hydrogen) atoms. The maximum atomic E-state index is 11.7. The van der Waals surface area contributed by atoms with Crippen LogP contribution in [0.5, 0.6) is 0 Å². The van der Waals surface area contributed by atoms with Crippen LogP contribution < -0.4 is 5.32 Å². The van der Waals surface area contributed by atoms with Gasteiger partial charge in [0.15, 0.2) is 0 Å². The Hall–Kier alpha value is -1.10. The van der Waals surface area contributed by atoms with E-state index in [2.05, 4.69) is 26.1 Å². The highest BCUT2D eigenvalue weighted by Gasteiger charge is 2.26. The van der Waals surface area contributed by atoms with E-state index >= 15 is 0 Å². The normalized spacial score (nSPS) is 17.9. The molecular weight excluding hydrogens is 218 g/mol. The van der Waals surface area contributed by atoms with Gasteiger partial charge >= 0.3 is 0 Å². The van der Waals surface area contributed by atoms with Gasteiger partial charge in [0.05, 0.1) is 13.1 Å². The number of nitrogens with zero attached hydrogens (tertiary/aromatic N) is 2. The third-order valence-electron chi connectivity index (χ3n) is 2.74. The van der Waals surface area contributed by atoms with Crippen molar-refractivity contribution in [1.82, 2.24) is 15.1 Å². The molecule has 5 heteroatoms. The molecule has 1 rings (SSSR count). The van der Waals surface area contributed by atoms with Crippen molar-refractivity contribution in [2.24, 2.45) is 0 Å². The quantitative estimate of drug-likeness (QED) is 0.708. The standard InChI is InChI=1S/C12H23N3O2/c1-12(2,3)13-6-5-7-15-9-10(16)14(4)8-11(15)17/h13H,5-9H2,1-4H3.